The first-order valence-corrected chi connectivity index (χ1v) is 11.9. The second-order valence-corrected chi connectivity index (χ2v) is 9.41. The number of hydrogen-bond donors (Lipinski definition) is 1. The van der Waals surface area contributed by atoms with E-state index in [4.69, 9.17) is 0 Å². The number of carbonyl (C=O) groups excluding carboxylic acids is 2. The van der Waals surface area contributed by atoms with Crippen LogP contribution < -0.4 is 10.2 Å². The molecule has 0 aliphatic rings. The number of rotatable bonds is 9. The van der Waals surface area contributed by atoms with Crippen LogP contribution in [0.25, 0.3) is 0 Å². The maximum absolute atomic E-state index is 13.7. The Balaban J connectivity index is 2.00. The molecule has 5 nitrogen and oxygen atoms in total. The summed E-state index contributed by atoms with van der Waals surface area (Å²) in [6, 6.07) is 21.0. The smallest absolute Gasteiger partial charge is 0.254 e. The van der Waals surface area contributed by atoms with Crippen molar-refractivity contribution in [1.29, 1.82) is 0 Å². The predicted molar refractivity (Wildman–Crippen MR) is 140 cm³/mol. The van der Waals surface area contributed by atoms with Gasteiger partial charge >= 0.3 is 0 Å². The topological polar surface area (TPSA) is 52.7 Å². The molecule has 0 spiro atoms. The number of hydrogen-bond acceptors (Lipinski definition) is 3. The first kappa shape index (κ1) is 25.9. The van der Waals surface area contributed by atoms with E-state index in [2.05, 4.69) is 5.32 Å². The zero-order valence-corrected chi connectivity index (χ0v) is 21.1. The van der Waals surface area contributed by atoms with Gasteiger partial charge in [-0.05, 0) is 66.4 Å². The van der Waals surface area contributed by atoms with Gasteiger partial charge in [-0.2, -0.15) is 0 Å². The average Bonchev–Trinajstić information content (AvgIpc) is 2.82. The van der Waals surface area contributed by atoms with Crippen molar-refractivity contribution in [1.82, 2.24) is 4.90 Å². The summed E-state index contributed by atoms with van der Waals surface area (Å²) in [5, 5.41) is 2.98. The molecule has 0 aromatic heterocycles. The summed E-state index contributed by atoms with van der Waals surface area (Å²) < 4.78 is 13.5. The Labute approximate surface area is 207 Å². The van der Waals surface area contributed by atoms with Gasteiger partial charge in [0, 0.05) is 44.0 Å². The highest BCUT2D eigenvalue weighted by Gasteiger charge is 2.25. The third kappa shape index (κ3) is 6.92. The van der Waals surface area contributed by atoms with E-state index in [9.17, 15) is 14.0 Å². The molecule has 1 atom stereocenters. The number of benzene rings is 3. The number of anilines is 2. The molecular weight excluding hydrogens is 441 g/mol. The molecule has 0 saturated carbocycles. The molecule has 184 valence electrons. The minimum Gasteiger partial charge on any atom is -0.377 e. The van der Waals surface area contributed by atoms with Crippen LogP contribution in [0.15, 0.2) is 72.8 Å². The molecule has 0 fully saturated rings. The van der Waals surface area contributed by atoms with Gasteiger partial charge < -0.3 is 15.1 Å². The Morgan fingerprint density at radius 3 is 2.17 bits per heavy atom. The van der Waals surface area contributed by atoms with Crippen LogP contribution in [0.3, 0.4) is 0 Å². The fourth-order valence-corrected chi connectivity index (χ4v) is 4.05. The van der Waals surface area contributed by atoms with Gasteiger partial charge in [0.1, 0.15) is 5.82 Å². The second kappa shape index (κ2) is 11.6. The van der Waals surface area contributed by atoms with Crippen molar-refractivity contribution in [2.75, 3.05) is 24.3 Å². The molecule has 3 aromatic carbocycles. The SMILES string of the molecule is CC(C)CC(=O)Nc1ccc(N(C)C)c(CN(C(=O)c2ccc(F)cc2)C(C)c2ccccc2)c1. The van der Waals surface area contributed by atoms with Crippen LogP contribution in [-0.2, 0) is 11.3 Å². The summed E-state index contributed by atoms with van der Waals surface area (Å²) >= 11 is 0. The average molecular weight is 476 g/mol. The van der Waals surface area contributed by atoms with Crippen LogP contribution in [-0.4, -0.2) is 30.8 Å². The molecule has 0 radical (unpaired) electrons. The van der Waals surface area contributed by atoms with Crippen molar-refractivity contribution in [3.8, 4) is 0 Å². The monoisotopic (exact) mass is 475 g/mol. The normalized spacial score (nSPS) is 11.7. The molecule has 35 heavy (non-hydrogen) atoms. The van der Waals surface area contributed by atoms with Crippen molar-refractivity contribution in [3.63, 3.8) is 0 Å². The zero-order chi connectivity index (χ0) is 25.5. The summed E-state index contributed by atoms with van der Waals surface area (Å²) in [4.78, 5) is 29.8. The Hall–Kier alpha value is -3.67. The Morgan fingerprint density at radius 2 is 1.57 bits per heavy atom. The second-order valence-electron chi connectivity index (χ2n) is 9.41. The van der Waals surface area contributed by atoms with Gasteiger partial charge in [-0.1, -0.05) is 44.2 Å². The zero-order valence-electron chi connectivity index (χ0n) is 21.1. The molecule has 6 heteroatoms. The molecule has 1 N–H and O–H groups in total. The third-order valence-electron chi connectivity index (χ3n) is 5.88. The minimum atomic E-state index is -0.385. The molecule has 0 saturated heterocycles. The molecule has 0 aliphatic carbocycles. The molecule has 3 aromatic rings. The molecule has 0 bridgehead atoms. The van der Waals surface area contributed by atoms with Gasteiger partial charge in [0.15, 0.2) is 0 Å². The van der Waals surface area contributed by atoms with Gasteiger partial charge in [0.05, 0.1) is 6.04 Å². The lowest BCUT2D eigenvalue weighted by molar-refractivity contribution is -0.116. The number of halogens is 1. The van der Waals surface area contributed by atoms with E-state index in [0.29, 0.717) is 24.2 Å². The highest BCUT2D eigenvalue weighted by atomic mass is 19.1. The number of amides is 2. The van der Waals surface area contributed by atoms with Crippen LogP contribution >= 0.6 is 0 Å². The van der Waals surface area contributed by atoms with Crippen LogP contribution in [0, 0.1) is 11.7 Å². The van der Waals surface area contributed by atoms with Crippen molar-refractivity contribution in [2.45, 2.75) is 39.8 Å². The van der Waals surface area contributed by atoms with Crippen LogP contribution in [0.4, 0.5) is 15.8 Å². The summed E-state index contributed by atoms with van der Waals surface area (Å²) in [6.45, 7) is 6.31. The van der Waals surface area contributed by atoms with Gasteiger partial charge in [0.2, 0.25) is 5.91 Å². The van der Waals surface area contributed by atoms with E-state index >= 15 is 0 Å². The van der Waals surface area contributed by atoms with E-state index in [1.807, 2.05) is 88.3 Å². The molecule has 2 amide bonds. The first-order valence-electron chi connectivity index (χ1n) is 11.9. The van der Waals surface area contributed by atoms with Crippen LogP contribution in [0.1, 0.15) is 54.7 Å². The molecule has 0 aliphatic heterocycles. The Kier molecular flexibility index (Phi) is 8.63. The third-order valence-corrected chi connectivity index (χ3v) is 5.88. The summed E-state index contributed by atoms with van der Waals surface area (Å²) in [7, 11) is 3.89. The minimum absolute atomic E-state index is 0.0412. The number of carbonyl (C=O) groups is 2. The fraction of sp³-hybridized carbons (Fsp3) is 0.310. The van der Waals surface area contributed by atoms with Crippen molar-refractivity contribution < 1.29 is 14.0 Å². The Bertz CT molecular complexity index is 1140. The highest BCUT2D eigenvalue weighted by Crippen LogP contribution is 2.30. The lowest BCUT2D eigenvalue weighted by atomic mass is 10.0. The molecular formula is C29H34FN3O2. The molecule has 3 rings (SSSR count). The van der Waals surface area contributed by atoms with Gasteiger partial charge in [-0.3, -0.25) is 9.59 Å². The van der Waals surface area contributed by atoms with Crippen LogP contribution in [0.2, 0.25) is 0 Å². The van der Waals surface area contributed by atoms with E-state index < -0.39 is 0 Å². The highest BCUT2D eigenvalue weighted by molar-refractivity contribution is 5.95. The van der Waals surface area contributed by atoms with E-state index in [-0.39, 0.29) is 29.6 Å². The van der Waals surface area contributed by atoms with E-state index in [1.165, 1.54) is 24.3 Å². The lowest BCUT2D eigenvalue weighted by Crippen LogP contribution is -2.33. The molecule has 0 heterocycles. The van der Waals surface area contributed by atoms with Crippen molar-refractivity contribution in [3.05, 3.63) is 95.3 Å². The predicted octanol–water partition coefficient (Wildman–Crippen LogP) is 6.28. The first-order chi connectivity index (χ1) is 16.7. The van der Waals surface area contributed by atoms with Crippen molar-refractivity contribution >= 4 is 23.2 Å². The lowest BCUT2D eigenvalue weighted by Gasteiger charge is -2.32. The number of nitrogens with one attached hydrogen (secondary N) is 1. The largest absolute Gasteiger partial charge is 0.377 e. The van der Waals surface area contributed by atoms with Gasteiger partial charge in [0.25, 0.3) is 5.91 Å². The quantitative estimate of drug-likeness (QED) is 0.396. The summed E-state index contributed by atoms with van der Waals surface area (Å²) in [5.41, 5.74) is 3.95. The Morgan fingerprint density at radius 1 is 0.914 bits per heavy atom. The summed E-state index contributed by atoms with van der Waals surface area (Å²) in [5.74, 6) is -0.365. The summed E-state index contributed by atoms with van der Waals surface area (Å²) in [6.07, 6.45) is 0.436. The maximum atomic E-state index is 13.7. The van der Waals surface area contributed by atoms with Gasteiger partial charge in [-0.15, -0.1) is 0 Å². The maximum Gasteiger partial charge on any atom is 0.254 e. The van der Waals surface area contributed by atoms with Gasteiger partial charge in [-0.25, -0.2) is 4.39 Å². The molecule has 1 unspecified atom stereocenters. The number of nitrogens with zero attached hydrogens (tertiary/aromatic N) is 2. The van der Waals surface area contributed by atoms with E-state index in [0.717, 1.165) is 16.8 Å². The fourth-order valence-electron chi connectivity index (χ4n) is 4.05. The van der Waals surface area contributed by atoms with Crippen LogP contribution in [0.5, 0.6) is 0 Å². The standard InChI is InChI=1S/C29H34FN3O2/c1-20(2)17-28(34)31-26-15-16-27(32(4)5)24(18-26)19-33(21(3)22-9-7-6-8-10-22)29(35)23-11-13-25(30)14-12-23/h6-16,18,20-21H,17,19H2,1-5H3,(H,31,34). The van der Waals surface area contributed by atoms with Crippen molar-refractivity contribution in [2.24, 2.45) is 5.92 Å². The van der Waals surface area contributed by atoms with E-state index in [1.54, 1.807) is 4.90 Å².